The van der Waals surface area contributed by atoms with Gasteiger partial charge in [-0.05, 0) is 42.6 Å². The van der Waals surface area contributed by atoms with Gasteiger partial charge in [0.2, 0.25) is 5.69 Å². The zero-order valence-electron chi connectivity index (χ0n) is 16.5. The number of fused-ring (bicyclic) bond motifs is 3. The Hall–Kier alpha value is -3.41. The normalized spacial score (nSPS) is 15.2. The SMILES string of the molecule is [C-]#[N+]c1cc(NC(=O)N(CC)C2COCc3[nH]c(=O)c4cc(Cl)ccc4c32)ccc1F. The Balaban J connectivity index is 1.73. The Bertz CT molecular complexity index is 1280. The molecule has 2 N–H and O–H groups in total. The van der Waals surface area contributed by atoms with Crippen LogP contribution in [0.25, 0.3) is 15.6 Å². The molecule has 0 saturated heterocycles. The smallest absolute Gasteiger partial charge is 0.322 e. The summed E-state index contributed by atoms with van der Waals surface area (Å²) in [5, 5.41) is 4.31. The molecule has 3 aromatic rings. The number of nitrogens with one attached hydrogen (secondary N) is 2. The highest BCUT2D eigenvalue weighted by Crippen LogP contribution is 2.34. The fraction of sp³-hybridized carbons (Fsp3) is 0.227. The highest BCUT2D eigenvalue weighted by molar-refractivity contribution is 6.31. The van der Waals surface area contributed by atoms with E-state index in [0.717, 1.165) is 11.6 Å². The van der Waals surface area contributed by atoms with Gasteiger partial charge in [0.1, 0.15) is 5.82 Å². The lowest BCUT2D eigenvalue weighted by Crippen LogP contribution is -2.42. The molecule has 0 radical (unpaired) electrons. The minimum Gasteiger partial charge on any atom is -0.373 e. The fourth-order valence-corrected chi connectivity index (χ4v) is 4.02. The monoisotopic (exact) mass is 440 g/mol. The minimum atomic E-state index is -0.649. The molecule has 0 saturated carbocycles. The van der Waals surface area contributed by atoms with Crippen LogP contribution in [0, 0.1) is 12.4 Å². The minimum absolute atomic E-state index is 0.173. The quantitative estimate of drug-likeness (QED) is 0.563. The van der Waals surface area contributed by atoms with E-state index in [-0.39, 0.29) is 24.5 Å². The van der Waals surface area contributed by atoms with Crippen molar-refractivity contribution in [3.8, 4) is 0 Å². The summed E-state index contributed by atoms with van der Waals surface area (Å²) >= 11 is 6.08. The summed E-state index contributed by atoms with van der Waals surface area (Å²) in [4.78, 5) is 33.1. The van der Waals surface area contributed by atoms with E-state index in [9.17, 15) is 14.0 Å². The zero-order chi connectivity index (χ0) is 22.1. The average Bonchev–Trinajstić information content (AvgIpc) is 2.76. The second-order valence-corrected chi connectivity index (χ2v) is 7.50. The number of carbonyl (C=O) groups is 1. The molecule has 1 aliphatic rings. The third-order valence-electron chi connectivity index (χ3n) is 5.26. The molecular formula is C22H18ClFN4O3. The Kier molecular flexibility index (Phi) is 5.63. The van der Waals surface area contributed by atoms with Crippen LogP contribution in [0.1, 0.15) is 24.2 Å². The predicted octanol–water partition coefficient (Wildman–Crippen LogP) is 5.00. The Morgan fingerprint density at radius 3 is 2.90 bits per heavy atom. The average molecular weight is 441 g/mol. The molecular weight excluding hydrogens is 423 g/mol. The maximum Gasteiger partial charge on any atom is 0.322 e. The van der Waals surface area contributed by atoms with Crippen LogP contribution in [-0.4, -0.2) is 29.1 Å². The molecule has 1 unspecified atom stereocenters. The van der Waals surface area contributed by atoms with Gasteiger partial charge in [-0.1, -0.05) is 17.7 Å². The highest BCUT2D eigenvalue weighted by Gasteiger charge is 2.32. The van der Waals surface area contributed by atoms with Gasteiger partial charge in [-0.3, -0.25) is 4.79 Å². The van der Waals surface area contributed by atoms with Gasteiger partial charge in [-0.15, -0.1) is 0 Å². The zero-order valence-corrected chi connectivity index (χ0v) is 17.3. The van der Waals surface area contributed by atoms with E-state index in [1.165, 1.54) is 12.1 Å². The van der Waals surface area contributed by atoms with Gasteiger partial charge in [0.25, 0.3) is 5.56 Å². The third kappa shape index (κ3) is 3.85. The predicted molar refractivity (Wildman–Crippen MR) is 116 cm³/mol. The second-order valence-electron chi connectivity index (χ2n) is 7.06. The number of rotatable bonds is 3. The number of hydrogen-bond acceptors (Lipinski definition) is 3. The van der Waals surface area contributed by atoms with E-state index in [4.69, 9.17) is 22.9 Å². The number of hydrogen-bond donors (Lipinski definition) is 2. The molecule has 4 rings (SSSR count). The number of ether oxygens (including phenoxy) is 1. The maximum absolute atomic E-state index is 13.6. The number of benzene rings is 2. The van der Waals surface area contributed by atoms with E-state index < -0.39 is 17.9 Å². The largest absolute Gasteiger partial charge is 0.373 e. The van der Waals surface area contributed by atoms with Crippen LogP contribution in [0.2, 0.25) is 5.02 Å². The van der Waals surface area contributed by atoms with Crippen LogP contribution in [0.15, 0.2) is 41.2 Å². The number of aromatic amines is 1. The summed E-state index contributed by atoms with van der Waals surface area (Å²) < 4.78 is 19.3. The number of nitrogens with zero attached hydrogens (tertiary/aromatic N) is 2. The van der Waals surface area contributed by atoms with E-state index in [1.54, 1.807) is 23.1 Å². The summed E-state index contributed by atoms with van der Waals surface area (Å²) in [7, 11) is 0. The van der Waals surface area contributed by atoms with Crippen molar-refractivity contribution in [3.63, 3.8) is 0 Å². The number of aromatic nitrogens is 1. The molecule has 0 bridgehead atoms. The first-order valence-electron chi connectivity index (χ1n) is 9.59. The molecule has 158 valence electrons. The van der Waals surface area contributed by atoms with Crippen LogP contribution in [0.3, 0.4) is 0 Å². The van der Waals surface area contributed by atoms with Gasteiger partial charge in [0.15, 0.2) is 0 Å². The van der Waals surface area contributed by atoms with Crippen LogP contribution in [-0.2, 0) is 11.3 Å². The molecule has 2 aromatic carbocycles. The first kappa shape index (κ1) is 20.8. The van der Waals surface area contributed by atoms with Gasteiger partial charge in [-0.25, -0.2) is 14.0 Å². The first-order valence-corrected chi connectivity index (χ1v) is 9.97. The molecule has 0 aliphatic carbocycles. The van der Waals surface area contributed by atoms with E-state index in [0.29, 0.717) is 33.7 Å². The van der Waals surface area contributed by atoms with Crippen molar-refractivity contribution in [2.45, 2.75) is 19.6 Å². The number of halogens is 2. The summed E-state index contributed by atoms with van der Waals surface area (Å²) in [5.74, 6) is -0.649. The lowest BCUT2D eigenvalue weighted by molar-refractivity contribution is 0.0471. The van der Waals surface area contributed by atoms with E-state index >= 15 is 0 Å². The summed E-state index contributed by atoms with van der Waals surface area (Å²) in [5.41, 5.74) is 1.28. The molecule has 7 nitrogen and oxygen atoms in total. The Labute approximate surface area is 182 Å². The molecule has 31 heavy (non-hydrogen) atoms. The fourth-order valence-electron chi connectivity index (χ4n) is 3.85. The first-order chi connectivity index (χ1) is 14.9. The van der Waals surface area contributed by atoms with Crippen molar-refractivity contribution in [1.82, 2.24) is 9.88 Å². The molecule has 0 fully saturated rings. The van der Waals surface area contributed by atoms with Gasteiger partial charge in [-0.2, -0.15) is 0 Å². The topological polar surface area (TPSA) is 78.8 Å². The Morgan fingerprint density at radius 1 is 1.35 bits per heavy atom. The van der Waals surface area contributed by atoms with Crippen molar-refractivity contribution in [2.75, 3.05) is 18.5 Å². The number of urea groups is 1. The maximum atomic E-state index is 13.6. The molecule has 0 spiro atoms. The van der Waals surface area contributed by atoms with Gasteiger partial charge < -0.3 is 19.9 Å². The van der Waals surface area contributed by atoms with Crippen molar-refractivity contribution in [1.29, 1.82) is 0 Å². The van der Waals surface area contributed by atoms with Crippen molar-refractivity contribution >= 4 is 39.8 Å². The third-order valence-corrected chi connectivity index (χ3v) is 5.49. The number of likely N-dealkylation sites (N-methyl/N-ethyl adjacent to an activating group) is 1. The van der Waals surface area contributed by atoms with Gasteiger partial charge >= 0.3 is 6.03 Å². The lowest BCUT2D eigenvalue weighted by Gasteiger charge is -2.35. The van der Waals surface area contributed by atoms with E-state index in [1.807, 2.05) is 6.92 Å². The number of H-pyrrole nitrogens is 1. The molecule has 2 heterocycles. The van der Waals surface area contributed by atoms with E-state index in [2.05, 4.69) is 15.1 Å². The van der Waals surface area contributed by atoms with Crippen LogP contribution >= 0.6 is 11.6 Å². The summed E-state index contributed by atoms with van der Waals surface area (Å²) in [6, 6.07) is 8.01. The molecule has 1 aromatic heterocycles. The molecule has 1 aliphatic heterocycles. The van der Waals surface area contributed by atoms with Crippen molar-refractivity contribution in [2.24, 2.45) is 0 Å². The number of pyridine rings is 1. The summed E-state index contributed by atoms with van der Waals surface area (Å²) in [6.07, 6.45) is 0. The van der Waals surface area contributed by atoms with Crippen LogP contribution in [0.5, 0.6) is 0 Å². The Morgan fingerprint density at radius 2 is 2.16 bits per heavy atom. The lowest BCUT2D eigenvalue weighted by atomic mass is 9.95. The van der Waals surface area contributed by atoms with Gasteiger partial charge in [0, 0.05) is 33.9 Å². The second kappa shape index (κ2) is 8.38. The highest BCUT2D eigenvalue weighted by atomic mass is 35.5. The van der Waals surface area contributed by atoms with Gasteiger partial charge in [0.05, 0.1) is 25.8 Å². The number of carbonyl (C=O) groups excluding carboxylic acids is 1. The van der Waals surface area contributed by atoms with Crippen molar-refractivity contribution in [3.05, 3.63) is 80.3 Å². The number of amides is 2. The molecule has 2 amide bonds. The van der Waals surface area contributed by atoms with Crippen molar-refractivity contribution < 1.29 is 13.9 Å². The summed E-state index contributed by atoms with van der Waals surface area (Å²) in [6.45, 7) is 9.69. The standard InChI is InChI=1S/C22H18ClFN4O3/c1-3-28(22(30)26-13-5-7-16(24)17(9-13)25-2)19-11-31-10-18-20(19)14-6-4-12(23)8-15(14)21(29)27-18/h4-9,19H,3,10-11H2,1H3,(H,26,30)(H,27,29). The number of anilines is 1. The molecule has 1 atom stereocenters. The van der Waals surface area contributed by atoms with Crippen LogP contribution in [0.4, 0.5) is 20.6 Å². The van der Waals surface area contributed by atoms with Crippen LogP contribution < -0.4 is 10.9 Å². The molecule has 9 heteroatoms.